The van der Waals surface area contributed by atoms with Gasteiger partial charge in [-0.2, -0.15) is 0 Å². The van der Waals surface area contributed by atoms with Gasteiger partial charge in [0, 0.05) is 11.6 Å². The Morgan fingerprint density at radius 1 is 1.44 bits per heavy atom. The van der Waals surface area contributed by atoms with Crippen LogP contribution in [-0.4, -0.2) is 12.0 Å². The first kappa shape index (κ1) is 10.8. The number of oxazole rings is 1. The molecule has 84 valence electrons. The maximum Gasteiger partial charge on any atom is 0.226 e. The molecular formula is C12H13FN2O. The molecule has 4 heteroatoms. The average Bonchev–Trinajstić information content (AvgIpc) is 2.77. The van der Waals surface area contributed by atoms with Crippen LogP contribution in [0.3, 0.4) is 0 Å². The molecule has 1 N–H and O–H groups in total. The zero-order chi connectivity index (χ0) is 11.5. The molecule has 1 aromatic heterocycles. The van der Waals surface area contributed by atoms with Crippen LogP contribution in [0.5, 0.6) is 0 Å². The maximum absolute atomic E-state index is 13.0. The van der Waals surface area contributed by atoms with Gasteiger partial charge in [-0.3, -0.25) is 0 Å². The number of halogens is 1. The standard InChI is InChI=1S/C12H13FN2O/c1-8(14-2)11-7-16-12(15-11)9-4-3-5-10(13)6-9/h3-8,14H,1-2H3. The SMILES string of the molecule is CNC(C)c1coc(-c2cccc(F)c2)n1. The predicted molar refractivity (Wildman–Crippen MR) is 59.4 cm³/mol. The van der Waals surface area contributed by atoms with E-state index in [-0.39, 0.29) is 11.9 Å². The number of rotatable bonds is 3. The van der Waals surface area contributed by atoms with Gasteiger partial charge in [-0.15, -0.1) is 0 Å². The lowest BCUT2D eigenvalue weighted by atomic mass is 10.2. The summed E-state index contributed by atoms with van der Waals surface area (Å²) < 4.78 is 18.3. The van der Waals surface area contributed by atoms with Crippen molar-refractivity contribution < 1.29 is 8.81 Å². The number of aromatic nitrogens is 1. The second-order valence-corrected chi connectivity index (χ2v) is 3.60. The van der Waals surface area contributed by atoms with Crippen molar-refractivity contribution >= 4 is 0 Å². The summed E-state index contributed by atoms with van der Waals surface area (Å²) in [7, 11) is 1.85. The number of nitrogens with zero attached hydrogens (tertiary/aromatic N) is 1. The fourth-order valence-corrected chi connectivity index (χ4v) is 1.39. The van der Waals surface area contributed by atoms with E-state index in [1.54, 1.807) is 18.4 Å². The highest BCUT2D eigenvalue weighted by atomic mass is 19.1. The van der Waals surface area contributed by atoms with Crippen molar-refractivity contribution in [2.24, 2.45) is 0 Å². The Bertz CT molecular complexity index is 481. The van der Waals surface area contributed by atoms with Crippen LogP contribution in [0.15, 0.2) is 34.9 Å². The first-order valence-electron chi connectivity index (χ1n) is 5.09. The van der Waals surface area contributed by atoms with Gasteiger partial charge in [0.05, 0.1) is 5.69 Å². The highest BCUT2D eigenvalue weighted by Gasteiger charge is 2.11. The molecule has 0 spiro atoms. The molecule has 2 rings (SSSR count). The Labute approximate surface area is 93.3 Å². The van der Waals surface area contributed by atoms with E-state index in [2.05, 4.69) is 10.3 Å². The van der Waals surface area contributed by atoms with Crippen LogP contribution in [0.2, 0.25) is 0 Å². The van der Waals surface area contributed by atoms with Crippen LogP contribution < -0.4 is 5.32 Å². The molecule has 0 saturated carbocycles. The van der Waals surface area contributed by atoms with Crippen molar-refractivity contribution in [2.45, 2.75) is 13.0 Å². The van der Waals surface area contributed by atoms with Crippen molar-refractivity contribution in [1.82, 2.24) is 10.3 Å². The fraction of sp³-hybridized carbons (Fsp3) is 0.250. The Morgan fingerprint density at radius 2 is 2.25 bits per heavy atom. The second kappa shape index (κ2) is 4.45. The monoisotopic (exact) mass is 220 g/mol. The van der Waals surface area contributed by atoms with Crippen LogP contribution in [0.25, 0.3) is 11.5 Å². The summed E-state index contributed by atoms with van der Waals surface area (Å²) in [5, 5.41) is 3.06. The Hall–Kier alpha value is -1.68. The van der Waals surface area contributed by atoms with Crippen LogP contribution in [0.1, 0.15) is 18.7 Å². The normalized spacial score (nSPS) is 12.7. The van der Waals surface area contributed by atoms with E-state index in [0.717, 1.165) is 5.69 Å². The highest BCUT2D eigenvalue weighted by Crippen LogP contribution is 2.21. The van der Waals surface area contributed by atoms with Gasteiger partial charge in [0.15, 0.2) is 0 Å². The molecule has 0 bridgehead atoms. The molecule has 0 amide bonds. The summed E-state index contributed by atoms with van der Waals surface area (Å²) in [6, 6.07) is 6.31. The molecule has 0 aliphatic carbocycles. The highest BCUT2D eigenvalue weighted by molar-refractivity contribution is 5.53. The molecule has 0 saturated heterocycles. The van der Waals surface area contributed by atoms with Gasteiger partial charge in [-0.25, -0.2) is 9.37 Å². The predicted octanol–water partition coefficient (Wildman–Crippen LogP) is 2.76. The van der Waals surface area contributed by atoms with Gasteiger partial charge in [0.2, 0.25) is 5.89 Å². The van der Waals surface area contributed by atoms with Crippen LogP contribution in [0, 0.1) is 5.82 Å². The summed E-state index contributed by atoms with van der Waals surface area (Å²) in [5.41, 5.74) is 1.45. The zero-order valence-electron chi connectivity index (χ0n) is 9.20. The second-order valence-electron chi connectivity index (χ2n) is 3.60. The lowest BCUT2D eigenvalue weighted by Crippen LogP contribution is -2.12. The molecule has 0 aliphatic rings. The lowest BCUT2D eigenvalue weighted by molar-refractivity contribution is 0.563. The van der Waals surface area contributed by atoms with Crippen LogP contribution >= 0.6 is 0 Å². The number of benzene rings is 1. The summed E-state index contributed by atoms with van der Waals surface area (Å²) in [6.07, 6.45) is 1.58. The third-order valence-corrected chi connectivity index (χ3v) is 2.47. The van der Waals surface area contributed by atoms with E-state index in [4.69, 9.17) is 4.42 Å². The maximum atomic E-state index is 13.0. The summed E-state index contributed by atoms with van der Waals surface area (Å²) in [4.78, 5) is 4.30. The number of hydrogen-bond acceptors (Lipinski definition) is 3. The van der Waals surface area contributed by atoms with E-state index >= 15 is 0 Å². The molecular weight excluding hydrogens is 207 g/mol. The quantitative estimate of drug-likeness (QED) is 0.864. The van der Waals surface area contributed by atoms with Gasteiger partial charge in [0.1, 0.15) is 12.1 Å². The number of nitrogens with one attached hydrogen (secondary N) is 1. The third kappa shape index (κ3) is 2.12. The molecule has 0 radical (unpaired) electrons. The number of hydrogen-bond donors (Lipinski definition) is 1. The molecule has 0 aliphatic heterocycles. The minimum atomic E-state index is -0.293. The summed E-state index contributed by atoms with van der Waals surface area (Å²) in [5.74, 6) is 0.149. The van der Waals surface area contributed by atoms with E-state index in [1.165, 1.54) is 12.1 Å². The summed E-state index contributed by atoms with van der Waals surface area (Å²) in [6.45, 7) is 1.98. The molecule has 1 atom stereocenters. The lowest BCUT2D eigenvalue weighted by Gasteiger charge is -2.03. The van der Waals surface area contributed by atoms with E-state index < -0.39 is 0 Å². The molecule has 1 aromatic carbocycles. The van der Waals surface area contributed by atoms with Crippen LogP contribution in [0.4, 0.5) is 4.39 Å². The molecule has 2 aromatic rings. The van der Waals surface area contributed by atoms with Gasteiger partial charge in [0.25, 0.3) is 0 Å². The van der Waals surface area contributed by atoms with Gasteiger partial charge < -0.3 is 9.73 Å². The topological polar surface area (TPSA) is 38.1 Å². The van der Waals surface area contributed by atoms with Crippen molar-refractivity contribution in [3.8, 4) is 11.5 Å². The molecule has 16 heavy (non-hydrogen) atoms. The van der Waals surface area contributed by atoms with Crippen LogP contribution in [-0.2, 0) is 0 Å². The Balaban J connectivity index is 2.31. The largest absolute Gasteiger partial charge is 0.444 e. The van der Waals surface area contributed by atoms with Crippen molar-refractivity contribution in [2.75, 3.05) is 7.05 Å². The van der Waals surface area contributed by atoms with Gasteiger partial charge in [-0.1, -0.05) is 6.07 Å². The first-order chi connectivity index (χ1) is 7.70. The molecule has 0 fully saturated rings. The van der Waals surface area contributed by atoms with Gasteiger partial charge >= 0.3 is 0 Å². The molecule has 3 nitrogen and oxygen atoms in total. The van der Waals surface area contributed by atoms with E-state index in [1.807, 2.05) is 14.0 Å². The van der Waals surface area contributed by atoms with E-state index in [0.29, 0.717) is 11.5 Å². The van der Waals surface area contributed by atoms with Crippen molar-refractivity contribution in [3.63, 3.8) is 0 Å². The third-order valence-electron chi connectivity index (χ3n) is 2.47. The first-order valence-corrected chi connectivity index (χ1v) is 5.09. The van der Waals surface area contributed by atoms with Gasteiger partial charge in [-0.05, 0) is 32.2 Å². The Morgan fingerprint density at radius 3 is 2.94 bits per heavy atom. The van der Waals surface area contributed by atoms with Crippen molar-refractivity contribution in [3.05, 3.63) is 42.0 Å². The van der Waals surface area contributed by atoms with Crippen molar-refractivity contribution in [1.29, 1.82) is 0 Å². The minimum Gasteiger partial charge on any atom is -0.444 e. The smallest absolute Gasteiger partial charge is 0.226 e. The zero-order valence-corrected chi connectivity index (χ0v) is 9.20. The Kier molecular flexibility index (Phi) is 3.01. The average molecular weight is 220 g/mol. The minimum absolute atomic E-state index is 0.117. The van der Waals surface area contributed by atoms with E-state index in [9.17, 15) is 4.39 Å². The molecule has 1 unspecified atom stereocenters. The summed E-state index contributed by atoms with van der Waals surface area (Å²) >= 11 is 0. The fourth-order valence-electron chi connectivity index (χ4n) is 1.39. The molecule has 1 heterocycles.